The van der Waals surface area contributed by atoms with Crippen LogP contribution in [0.15, 0.2) is 47.0 Å². The number of nitrogens with two attached hydrogens (primary N) is 1. The lowest BCUT2D eigenvalue weighted by molar-refractivity contribution is -0.119. The maximum absolute atomic E-state index is 12.5. The molecule has 0 aliphatic rings. The van der Waals surface area contributed by atoms with Gasteiger partial charge < -0.3 is 24.5 Å². The highest BCUT2D eigenvalue weighted by molar-refractivity contribution is 5.75. The minimum absolute atomic E-state index is 0.0862. The highest BCUT2D eigenvalue weighted by atomic mass is 19.3. The predicted octanol–water partition coefficient (Wildman–Crippen LogP) is 3.27. The number of halogens is 2. The molecule has 3 rings (SSSR count). The summed E-state index contributed by atoms with van der Waals surface area (Å²) in [7, 11) is 0. The summed E-state index contributed by atoms with van der Waals surface area (Å²) in [6, 6.07) is 11.0. The van der Waals surface area contributed by atoms with Crippen molar-refractivity contribution in [2.24, 2.45) is 5.73 Å². The van der Waals surface area contributed by atoms with Gasteiger partial charge in [-0.25, -0.2) is 0 Å². The van der Waals surface area contributed by atoms with Crippen molar-refractivity contribution in [3.05, 3.63) is 42.5 Å². The number of primary amides is 1. The number of hydrogen-bond donors (Lipinski definition) is 1. The molecule has 29 heavy (non-hydrogen) atoms. The monoisotopic (exact) mass is 405 g/mol. The molecular weight excluding hydrogens is 388 g/mol. The van der Waals surface area contributed by atoms with Gasteiger partial charge in [0.2, 0.25) is 5.82 Å². The summed E-state index contributed by atoms with van der Waals surface area (Å²) in [6.07, 6.45) is 0. The van der Waals surface area contributed by atoms with Crippen molar-refractivity contribution in [1.29, 1.82) is 0 Å². The molecule has 2 aromatic carbocycles. The summed E-state index contributed by atoms with van der Waals surface area (Å²) in [5.74, 6) is 0.435. The molecule has 10 heteroatoms. The number of amides is 1. The van der Waals surface area contributed by atoms with Crippen molar-refractivity contribution in [3.8, 4) is 40.1 Å². The lowest BCUT2D eigenvalue weighted by Crippen LogP contribution is -2.19. The Morgan fingerprint density at radius 3 is 2.48 bits per heavy atom. The molecule has 8 nitrogen and oxygen atoms in total. The molecule has 152 valence electrons. The van der Waals surface area contributed by atoms with Crippen LogP contribution < -0.4 is 19.9 Å². The van der Waals surface area contributed by atoms with Crippen LogP contribution in [0, 0.1) is 0 Å². The van der Waals surface area contributed by atoms with Gasteiger partial charge in [0, 0.05) is 11.1 Å². The van der Waals surface area contributed by atoms with Crippen molar-refractivity contribution < 1.29 is 32.3 Å². The van der Waals surface area contributed by atoms with Gasteiger partial charge in [-0.1, -0.05) is 5.16 Å². The number of rotatable bonds is 9. The van der Waals surface area contributed by atoms with Crippen LogP contribution in [0.3, 0.4) is 0 Å². The molecule has 0 bridgehead atoms. The Morgan fingerprint density at radius 2 is 1.83 bits per heavy atom. The fourth-order valence-corrected chi connectivity index (χ4v) is 2.42. The number of carbonyl (C=O) groups excluding carboxylic acids is 1. The van der Waals surface area contributed by atoms with E-state index in [1.165, 1.54) is 18.2 Å². The van der Waals surface area contributed by atoms with Gasteiger partial charge in [0.15, 0.2) is 18.1 Å². The zero-order chi connectivity index (χ0) is 20.8. The average molecular weight is 405 g/mol. The van der Waals surface area contributed by atoms with E-state index < -0.39 is 12.5 Å². The standard InChI is InChI=1S/C19H17F2N3O5/c1-2-26-15-9-12(5-8-14(15)28-19(20)21)18-23-17(24-29-18)11-3-6-13(7-4-11)27-10-16(22)25/h3-9,19H,2,10H2,1H3,(H2,22,25). The maximum atomic E-state index is 12.5. The lowest BCUT2D eigenvalue weighted by Gasteiger charge is -2.11. The predicted molar refractivity (Wildman–Crippen MR) is 97.7 cm³/mol. The van der Waals surface area contributed by atoms with E-state index in [2.05, 4.69) is 14.9 Å². The van der Waals surface area contributed by atoms with E-state index in [-0.39, 0.29) is 30.6 Å². The second kappa shape index (κ2) is 9.00. The zero-order valence-corrected chi connectivity index (χ0v) is 15.3. The molecule has 0 saturated heterocycles. The Morgan fingerprint density at radius 1 is 1.10 bits per heavy atom. The van der Waals surface area contributed by atoms with E-state index >= 15 is 0 Å². The maximum Gasteiger partial charge on any atom is 0.387 e. The number of benzene rings is 2. The largest absolute Gasteiger partial charge is 0.490 e. The number of hydrogen-bond acceptors (Lipinski definition) is 7. The molecule has 0 fully saturated rings. The van der Waals surface area contributed by atoms with Crippen LogP contribution in [0.5, 0.6) is 17.2 Å². The molecule has 0 aliphatic carbocycles. The van der Waals surface area contributed by atoms with E-state index in [4.69, 9.17) is 19.7 Å². The smallest absolute Gasteiger partial charge is 0.387 e. The average Bonchev–Trinajstić information content (AvgIpc) is 3.18. The Hall–Kier alpha value is -3.69. The Balaban J connectivity index is 1.80. The topological polar surface area (TPSA) is 110 Å². The first-order chi connectivity index (χ1) is 14.0. The number of aromatic nitrogens is 2. The van der Waals surface area contributed by atoms with Gasteiger partial charge in [-0.05, 0) is 49.4 Å². The Labute approximate surface area is 164 Å². The molecule has 0 saturated carbocycles. The van der Waals surface area contributed by atoms with E-state index in [9.17, 15) is 13.6 Å². The quantitative estimate of drug-likeness (QED) is 0.582. The fourth-order valence-electron chi connectivity index (χ4n) is 2.42. The zero-order valence-electron chi connectivity index (χ0n) is 15.3. The fraction of sp³-hybridized carbons (Fsp3) is 0.211. The molecular formula is C19H17F2N3O5. The van der Waals surface area contributed by atoms with E-state index in [1.807, 2.05) is 0 Å². The molecule has 1 heterocycles. The van der Waals surface area contributed by atoms with Gasteiger partial charge in [0.1, 0.15) is 5.75 Å². The minimum atomic E-state index is -2.97. The lowest BCUT2D eigenvalue weighted by atomic mass is 10.2. The third-order valence-electron chi connectivity index (χ3n) is 3.63. The Kier molecular flexibility index (Phi) is 6.22. The van der Waals surface area contributed by atoms with E-state index in [0.717, 1.165) is 0 Å². The van der Waals surface area contributed by atoms with Gasteiger partial charge in [0.25, 0.3) is 11.8 Å². The summed E-state index contributed by atoms with van der Waals surface area (Å²) < 4.78 is 45.3. The molecule has 1 amide bonds. The van der Waals surface area contributed by atoms with Crippen molar-refractivity contribution in [2.45, 2.75) is 13.5 Å². The number of ether oxygens (including phenoxy) is 3. The molecule has 0 spiro atoms. The highest BCUT2D eigenvalue weighted by Gasteiger charge is 2.16. The first-order valence-electron chi connectivity index (χ1n) is 8.53. The van der Waals surface area contributed by atoms with Crippen LogP contribution in [0.25, 0.3) is 22.8 Å². The van der Waals surface area contributed by atoms with Crippen LogP contribution in [0.4, 0.5) is 8.78 Å². The minimum Gasteiger partial charge on any atom is -0.490 e. The van der Waals surface area contributed by atoms with E-state index in [0.29, 0.717) is 22.7 Å². The van der Waals surface area contributed by atoms with Crippen LogP contribution in [0.1, 0.15) is 6.92 Å². The van der Waals surface area contributed by atoms with E-state index in [1.54, 1.807) is 31.2 Å². The first kappa shape index (κ1) is 20.1. The third-order valence-corrected chi connectivity index (χ3v) is 3.63. The van der Waals surface area contributed by atoms with Crippen LogP contribution >= 0.6 is 0 Å². The first-order valence-corrected chi connectivity index (χ1v) is 8.53. The highest BCUT2D eigenvalue weighted by Crippen LogP contribution is 2.34. The molecule has 0 atom stereocenters. The van der Waals surface area contributed by atoms with Crippen LogP contribution in [-0.2, 0) is 4.79 Å². The van der Waals surface area contributed by atoms with Crippen molar-refractivity contribution in [3.63, 3.8) is 0 Å². The number of alkyl halides is 2. The molecule has 0 radical (unpaired) electrons. The van der Waals surface area contributed by atoms with Gasteiger partial charge in [-0.2, -0.15) is 13.8 Å². The molecule has 0 aliphatic heterocycles. The summed E-state index contributed by atoms with van der Waals surface area (Å²) in [4.78, 5) is 15.1. The molecule has 1 aromatic heterocycles. The summed E-state index contributed by atoms with van der Waals surface area (Å²) in [5, 5.41) is 3.92. The van der Waals surface area contributed by atoms with Gasteiger partial charge in [0.05, 0.1) is 6.61 Å². The van der Waals surface area contributed by atoms with Crippen LogP contribution in [-0.4, -0.2) is 35.9 Å². The third kappa shape index (κ3) is 5.18. The molecule has 2 N–H and O–H groups in total. The van der Waals surface area contributed by atoms with Crippen LogP contribution in [0.2, 0.25) is 0 Å². The second-order valence-electron chi connectivity index (χ2n) is 5.68. The van der Waals surface area contributed by atoms with Gasteiger partial charge in [-0.3, -0.25) is 4.79 Å². The second-order valence-corrected chi connectivity index (χ2v) is 5.68. The van der Waals surface area contributed by atoms with Crippen molar-refractivity contribution in [2.75, 3.05) is 13.2 Å². The Bertz CT molecular complexity index is 976. The summed E-state index contributed by atoms with van der Waals surface area (Å²) in [6.45, 7) is -1.20. The number of carbonyl (C=O) groups is 1. The summed E-state index contributed by atoms with van der Waals surface area (Å²) in [5.41, 5.74) is 6.16. The molecule has 0 unspecified atom stereocenters. The summed E-state index contributed by atoms with van der Waals surface area (Å²) >= 11 is 0. The number of nitrogens with zero attached hydrogens (tertiary/aromatic N) is 2. The molecule has 3 aromatic rings. The normalized spacial score (nSPS) is 10.8. The van der Waals surface area contributed by atoms with Crippen molar-refractivity contribution in [1.82, 2.24) is 10.1 Å². The van der Waals surface area contributed by atoms with Crippen molar-refractivity contribution >= 4 is 5.91 Å². The van der Waals surface area contributed by atoms with Gasteiger partial charge >= 0.3 is 6.61 Å². The van der Waals surface area contributed by atoms with Gasteiger partial charge in [-0.15, -0.1) is 0 Å². The SMILES string of the molecule is CCOc1cc(-c2nc(-c3ccc(OCC(N)=O)cc3)no2)ccc1OC(F)F.